The van der Waals surface area contributed by atoms with E-state index in [1.54, 1.807) is 0 Å². The Bertz CT molecular complexity index is 1030. The van der Waals surface area contributed by atoms with Gasteiger partial charge in [0.05, 0.1) is 18.6 Å². The molecule has 0 heterocycles. The van der Waals surface area contributed by atoms with Crippen molar-refractivity contribution in [2.24, 2.45) is 44.3 Å². The van der Waals surface area contributed by atoms with Gasteiger partial charge in [0.2, 0.25) is 0 Å². The Kier molecular flexibility index (Phi) is 5.48. The molecule has 0 spiro atoms. The molecule has 0 amide bonds. The van der Waals surface area contributed by atoms with Crippen molar-refractivity contribution in [1.82, 2.24) is 0 Å². The summed E-state index contributed by atoms with van der Waals surface area (Å²) in [6.07, 6.45) is 8.77. The lowest BCUT2D eigenvalue weighted by Gasteiger charge is -2.72. The smallest absolute Gasteiger partial charge is 0.311 e. The van der Waals surface area contributed by atoms with Crippen LogP contribution in [0.1, 0.15) is 106 Å². The molecule has 0 saturated heterocycles. The Morgan fingerprint density at radius 2 is 1.56 bits per heavy atom. The van der Waals surface area contributed by atoms with Crippen LogP contribution in [0.25, 0.3) is 0 Å². The zero-order valence-corrected chi connectivity index (χ0v) is 23.8. The average Bonchev–Trinajstić information content (AvgIpc) is 2.81. The van der Waals surface area contributed by atoms with Crippen LogP contribution in [-0.2, 0) is 14.3 Å². The van der Waals surface area contributed by atoms with Crippen LogP contribution in [0.3, 0.4) is 0 Å². The summed E-state index contributed by atoms with van der Waals surface area (Å²) in [5.74, 6) is -0.392. The molecule has 5 aliphatic rings. The van der Waals surface area contributed by atoms with Gasteiger partial charge in [-0.1, -0.05) is 47.1 Å². The quantitative estimate of drug-likeness (QED) is 0.457. The number of methoxy groups -OCH3 is 1. The number of allylic oxidation sites excluding steroid dienone is 1. The first-order valence-corrected chi connectivity index (χ1v) is 14.2. The van der Waals surface area contributed by atoms with E-state index >= 15 is 0 Å². The van der Waals surface area contributed by atoms with Crippen molar-refractivity contribution in [2.75, 3.05) is 7.11 Å². The molecule has 9 unspecified atom stereocenters. The topological polar surface area (TPSA) is 83.8 Å². The fraction of sp³-hybridized carbons (Fsp3) is 0.871. The molecule has 0 bridgehead atoms. The fourth-order valence-electron chi connectivity index (χ4n) is 10.6. The lowest BCUT2D eigenvalue weighted by atomic mass is 9.32. The zero-order valence-electron chi connectivity index (χ0n) is 23.8. The molecule has 4 fully saturated rings. The van der Waals surface area contributed by atoms with E-state index in [9.17, 15) is 19.8 Å². The second-order valence-electron chi connectivity index (χ2n) is 15.2. The molecule has 0 radical (unpaired) electrons. The van der Waals surface area contributed by atoms with Crippen LogP contribution in [-0.4, -0.2) is 40.8 Å². The van der Waals surface area contributed by atoms with E-state index in [-0.39, 0.29) is 45.4 Å². The van der Waals surface area contributed by atoms with Crippen molar-refractivity contribution in [3.63, 3.8) is 0 Å². The summed E-state index contributed by atoms with van der Waals surface area (Å²) in [6, 6.07) is 0. The van der Waals surface area contributed by atoms with Crippen LogP contribution in [0.4, 0.5) is 0 Å². The van der Waals surface area contributed by atoms with Gasteiger partial charge in [0, 0.05) is 11.3 Å². The summed E-state index contributed by atoms with van der Waals surface area (Å²) in [5, 5.41) is 23.7. The number of aliphatic hydroxyl groups excluding tert-OH is 1. The summed E-state index contributed by atoms with van der Waals surface area (Å²) < 4.78 is 5.19. The Balaban J connectivity index is 1.66. The molecule has 36 heavy (non-hydrogen) atoms. The molecular formula is C31H48O5. The number of rotatable bonds is 1. The van der Waals surface area contributed by atoms with Crippen LogP contribution >= 0.6 is 0 Å². The summed E-state index contributed by atoms with van der Waals surface area (Å²) in [5.41, 5.74) is -2.51. The third-order valence-corrected chi connectivity index (χ3v) is 13.4. The second-order valence-corrected chi connectivity index (χ2v) is 15.2. The molecule has 9 atom stereocenters. The minimum Gasteiger partial charge on any atom is -0.469 e. The predicted molar refractivity (Wildman–Crippen MR) is 139 cm³/mol. The largest absolute Gasteiger partial charge is 0.469 e. The Hall–Kier alpha value is -1.20. The molecule has 4 saturated carbocycles. The van der Waals surface area contributed by atoms with Crippen LogP contribution in [0.15, 0.2) is 11.6 Å². The minimum atomic E-state index is -1.51. The maximum Gasteiger partial charge on any atom is 0.311 e. The molecular weight excluding hydrogens is 452 g/mol. The minimum absolute atomic E-state index is 0.159. The van der Waals surface area contributed by atoms with Gasteiger partial charge < -0.3 is 14.9 Å². The van der Waals surface area contributed by atoms with Gasteiger partial charge in [0.1, 0.15) is 5.60 Å². The highest BCUT2D eigenvalue weighted by atomic mass is 16.5. The van der Waals surface area contributed by atoms with Crippen molar-refractivity contribution in [3.8, 4) is 0 Å². The van der Waals surface area contributed by atoms with Crippen LogP contribution in [0.2, 0.25) is 0 Å². The Morgan fingerprint density at radius 3 is 2.19 bits per heavy atom. The number of hydrogen-bond acceptors (Lipinski definition) is 5. The number of carbonyl (C=O) groups excluding carboxylic acids is 2. The maximum atomic E-state index is 14.4. The van der Waals surface area contributed by atoms with Gasteiger partial charge in [-0.15, -0.1) is 0 Å². The van der Waals surface area contributed by atoms with Gasteiger partial charge in [-0.05, 0) is 98.4 Å². The summed E-state index contributed by atoms with van der Waals surface area (Å²) in [6.45, 7) is 15.4. The third kappa shape index (κ3) is 2.85. The first kappa shape index (κ1) is 26.4. The molecule has 0 aromatic carbocycles. The third-order valence-electron chi connectivity index (χ3n) is 13.4. The van der Waals surface area contributed by atoms with E-state index in [2.05, 4.69) is 41.5 Å². The molecule has 5 aliphatic carbocycles. The molecule has 0 aliphatic heterocycles. The number of hydrogen-bond donors (Lipinski definition) is 2. The molecule has 5 rings (SSSR count). The van der Waals surface area contributed by atoms with E-state index < -0.39 is 16.4 Å². The molecule has 0 aromatic heterocycles. The highest BCUT2D eigenvalue weighted by molar-refractivity contribution is 6.00. The maximum absolute atomic E-state index is 14.4. The van der Waals surface area contributed by atoms with Crippen molar-refractivity contribution in [2.45, 2.75) is 118 Å². The molecule has 0 aromatic rings. The number of esters is 1. The fourth-order valence-corrected chi connectivity index (χ4v) is 10.6. The summed E-state index contributed by atoms with van der Waals surface area (Å²) in [7, 11) is 1.44. The summed E-state index contributed by atoms with van der Waals surface area (Å²) in [4.78, 5) is 27.2. The van der Waals surface area contributed by atoms with Gasteiger partial charge in [-0.25, -0.2) is 0 Å². The highest BCUT2D eigenvalue weighted by Crippen LogP contribution is 2.76. The number of fused-ring (bicyclic) bond motifs is 7. The zero-order chi connectivity index (χ0) is 26.7. The Labute approximate surface area is 217 Å². The van der Waals surface area contributed by atoms with Crippen molar-refractivity contribution < 1.29 is 24.5 Å². The van der Waals surface area contributed by atoms with Crippen molar-refractivity contribution in [3.05, 3.63) is 11.6 Å². The van der Waals surface area contributed by atoms with E-state index in [0.29, 0.717) is 12.3 Å². The van der Waals surface area contributed by atoms with Gasteiger partial charge in [0.25, 0.3) is 0 Å². The predicted octanol–water partition coefficient (Wildman–Crippen LogP) is 5.62. The SMILES string of the molecule is COC(=O)C1(C)CCC2(C)CCC3(C)C4(C)CCC5C(C)(CCC(O)C5(C)C)C4=CC(=O)C3(O)C2C1. The second kappa shape index (κ2) is 7.46. The van der Waals surface area contributed by atoms with Crippen molar-refractivity contribution in [1.29, 1.82) is 0 Å². The lowest BCUT2D eigenvalue weighted by molar-refractivity contribution is -0.247. The van der Waals surface area contributed by atoms with Crippen LogP contribution < -0.4 is 0 Å². The summed E-state index contributed by atoms with van der Waals surface area (Å²) >= 11 is 0. The van der Waals surface area contributed by atoms with Gasteiger partial charge >= 0.3 is 5.97 Å². The van der Waals surface area contributed by atoms with Crippen LogP contribution in [0, 0.1) is 44.3 Å². The van der Waals surface area contributed by atoms with Gasteiger partial charge in [0.15, 0.2) is 5.78 Å². The first-order chi connectivity index (χ1) is 16.5. The van der Waals surface area contributed by atoms with E-state index in [1.807, 2.05) is 13.0 Å². The van der Waals surface area contributed by atoms with Gasteiger partial charge in [-0.3, -0.25) is 9.59 Å². The molecule has 202 valence electrons. The normalized spacial score (nSPS) is 53.8. The molecule has 2 N–H and O–H groups in total. The van der Waals surface area contributed by atoms with Crippen LogP contribution in [0.5, 0.6) is 0 Å². The van der Waals surface area contributed by atoms with E-state index in [4.69, 9.17) is 4.74 Å². The average molecular weight is 501 g/mol. The van der Waals surface area contributed by atoms with E-state index in [1.165, 1.54) is 12.7 Å². The van der Waals surface area contributed by atoms with E-state index in [0.717, 1.165) is 51.4 Å². The first-order valence-electron chi connectivity index (χ1n) is 14.2. The molecule has 5 nitrogen and oxygen atoms in total. The monoisotopic (exact) mass is 500 g/mol. The number of ether oxygens (including phenoxy) is 1. The Morgan fingerprint density at radius 1 is 0.917 bits per heavy atom. The van der Waals surface area contributed by atoms with Gasteiger partial charge in [-0.2, -0.15) is 0 Å². The molecule has 5 heteroatoms. The number of ketones is 1. The number of aliphatic hydroxyl groups is 2. The highest BCUT2D eigenvalue weighted by Gasteiger charge is 2.75. The standard InChI is InChI=1S/C31H48O5/c1-25(2)19-9-12-29(6)20(28(19,5)11-10-22(25)32)17-23(33)31(35)21-18-27(4,24(34)36-8)14-13-26(21,3)15-16-30(29,31)7/h17,19,21-22,32,35H,9-16,18H2,1-8H3. The lowest BCUT2D eigenvalue weighted by Crippen LogP contribution is -2.74. The number of carbonyl (C=O) groups is 2. The van der Waals surface area contributed by atoms with Crippen molar-refractivity contribution >= 4 is 11.8 Å².